The molecule has 0 spiro atoms. The van der Waals surface area contributed by atoms with Gasteiger partial charge in [-0.1, -0.05) is 23.7 Å². The van der Waals surface area contributed by atoms with Crippen LogP contribution in [0.4, 0.5) is 15.8 Å². The zero-order chi connectivity index (χ0) is 14.7. The first-order chi connectivity index (χ1) is 10.2. The molecule has 4 heteroatoms. The number of benzene rings is 2. The van der Waals surface area contributed by atoms with Gasteiger partial charge in [-0.25, -0.2) is 4.39 Å². The second kappa shape index (κ2) is 6.35. The normalized spacial score (nSPS) is 14.5. The fourth-order valence-electron chi connectivity index (χ4n) is 2.65. The summed E-state index contributed by atoms with van der Waals surface area (Å²) in [5.41, 5.74) is 2.82. The zero-order valence-electron chi connectivity index (χ0n) is 11.8. The van der Waals surface area contributed by atoms with Gasteiger partial charge in [0.15, 0.2) is 0 Å². The molecule has 1 N–H and O–H groups in total. The van der Waals surface area contributed by atoms with Crippen molar-refractivity contribution in [1.82, 2.24) is 0 Å². The lowest BCUT2D eigenvalue weighted by molar-refractivity contribution is 0.613. The Balaban J connectivity index is 1.64. The Hall–Kier alpha value is -1.74. The van der Waals surface area contributed by atoms with Crippen molar-refractivity contribution in [3.63, 3.8) is 0 Å². The maximum Gasteiger partial charge on any atom is 0.146 e. The number of hydrogen-bond acceptors (Lipinski definition) is 2. The lowest BCUT2D eigenvalue weighted by atomic mass is 10.2. The van der Waals surface area contributed by atoms with Crippen molar-refractivity contribution in [2.45, 2.75) is 19.4 Å². The van der Waals surface area contributed by atoms with Gasteiger partial charge in [-0.05, 0) is 43.2 Å². The van der Waals surface area contributed by atoms with E-state index in [4.69, 9.17) is 11.6 Å². The van der Waals surface area contributed by atoms with E-state index in [2.05, 4.69) is 22.3 Å². The van der Waals surface area contributed by atoms with E-state index >= 15 is 0 Å². The fourth-order valence-corrected chi connectivity index (χ4v) is 2.84. The first-order valence-electron chi connectivity index (χ1n) is 7.26. The topological polar surface area (TPSA) is 15.3 Å². The summed E-state index contributed by atoms with van der Waals surface area (Å²) in [6.07, 6.45) is 2.54. The van der Waals surface area contributed by atoms with E-state index in [1.807, 2.05) is 12.1 Å². The number of hydrogen-bond donors (Lipinski definition) is 1. The van der Waals surface area contributed by atoms with Gasteiger partial charge < -0.3 is 10.2 Å². The molecular weight excluding hydrogens is 287 g/mol. The predicted molar refractivity (Wildman–Crippen MR) is 86.6 cm³/mol. The fraction of sp³-hybridized carbons (Fsp3) is 0.294. The van der Waals surface area contributed by atoms with Crippen molar-refractivity contribution in [2.75, 3.05) is 23.3 Å². The highest BCUT2D eigenvalue weighted by Crippen LogP contribution is 2.23. The minimum atomic E-state index is -0.347. The van der Waals surface area contributed by atoms with Crippen LogP contribution in [0.3, 0.4) is 0 Å². The number of rotatable bonds is 4. The van der Waals surface area contributed by atoms with Gasteiger partial charge >= 0.3 is 0 Å². The molecule has 2 aromatic rings. The van der Waals surface area contributed by atoms with Crippen molar-refractivity contribution >= 4 is 23.0 Å². The summed E-state index contributed by atoms with van der Waals surface area (Å²) in [5.74, 6) is -0.347. The first kappa shape index (κ1) is 14.2. The summed E-state index contributed by atoms with van der Waals surface area (Å²) in [6.45, 7) is 2.70. The highest BCUT2D eigenvalue weighted by Gasteiger charge is 2.11. The Kier molecular flexibility index (Phi) is 4.30. The van der Waals surface area contributed by atoms with Crippen molar-refractivity contribution < 1.29 is 4.39 Å². The molecule has 110 valence electrons. The van der Waals surface area contributed by atoms with E-state index in [-0.39, 0.29) is 10.8 Å². The summed E-state index contributed by atoms with van der Waals surface area (Å²) >= 11 is 5.78. The number of nitrogens with one attached hydrogen (secondary N) is 1. The van der Waals surface area contributed by atoms with Gasteiger partial charge in [0.2, 0.25) is 0 Å². The molecule has 21 heavy (non-hydrogen) atoms. The molecule has 0 bridgehead atoms. The molecule has 2 aromatic carbocycles. The molecule has 0 radical (unpaired) electrons. The van der Waals surface area contributed by atoms with Gasteiger partial charge in [0, 0.05) is 36.6 Å². The van der Waals surface area contributed by atoms with Crippen LogP contribution >= 0.6 is 11.6 Å². The summed E-state index contributed by atoms with van der Waals surface area (Å²) in [7, 11) is 0. The highest BCUT2D eigenvalue weighted by atomic mass is 35.5. The summed E-state index contributed by atoms with van der Waals surface area (Å²) in [6, 6.07) is 13.4. The molecule has 1 aliphatic rings. The van der Waals surface area contributed by atoms with Gasteiger partial charge in [0.05, 0.1) is 5.02 Å². The van der Waals surface area contributed by atoms with Crippen LogP contribution in [-0.4, -0.2) is 13.1 Å². The third-order valence-electron chi connectivity index (χ3n) is 3.85. The average molecular weight is 305 g/mol. The van der Waals surface area contributed by atoms with Gasteiger partial charge in [-0.2, -0.15) is 0 Å². The predicted octanol–water partition coefficient (Wildman–Crippen LogP) is 4.69. The maximum atomic E-state index is 13.8. The molecular formula is C17H18ClFN2. The Labute approximate surface area is 129 Å². The van der Waals surface area contributed by atoms with E-state index in [1.54, 1.807) is 18.2 Å². The maximum absolute atomic E-state index is 13.8. The van der Waals surface area contributed by atoms with Crippen LogP contribution in [0.1, 0.15) is 18.4 Å². The SMILES string of the molecule is Fc1c(Cl)cccc1CNc1ccc(N2CCCC2)cc1. The minimum absolute atomic E-state index is 0.165. The Morgan fingerprint density at radius 2 is 1.76 bits per heavy atom. The molecule has 2 nitrogen and oxygen atoms in total. The zero-order valence-corrected chi connectivity index (χ0v) is 12.5. The minimum Gasteiger partial charge on any atom is -0.381 e. The largest absolute Gasteiger partial charge is 0.381 e. The molecule has 1 saturated heterocycles. The molecule has 0 saturated carbocycles. The molecule has 0 amide bonds. The molecule has 1 heterocycles. The molecule has 0 atom stereocenters. The summed E-state index contributed by atoms with van der Waals surface area (Å²) < 4.78 is 13.8. The third kappa shape index (κ3) is 3.30. The van der Waals surface area contributed by atoms with Gasteiger partial charge in [0.1, 0.15) is 5.82 Å². The standard InChI is InChI=1S/C17H18ClFN2/c18-16-5-3-4-13(17(16)19)12-20-14-6-8-15(9-7-14)21-10-1-2-11-21/h3-9,20H,1-2,10-12H2. The second-order valence-corrected chi connectivity index (χ2v) is 5.71. The van der Waals surface area contributed by atoms with E-state index < -0.39 is 0 Å². The Morgan fingerprint density at radius 3 is 2.48 bits per heavy atom. The van der Waals surface area contributed by atoms with Crippen molar-refractivity contribution in [3.05, 3.63) is 58.9 Å². The van der Waals surface area contributed by atoms with E-state index in [1.165, 1.54) is 18.5 Å². The second-order valence-electron chi connectivity index (χ2n) is 5.31. The Bertz CT molecular complexity index is 607. The van der Waals surface area contributed by atoms with Crippen molar-refractivity contribution in [1.29, 1.82) is 0 Å². The molecule has 0 unspecified atom stereocenters. The van der Waals surface area contributed by atoms with E-state index in [9.17, 15) is 4.39 Å². The third-order valence-corrected chi connectivity index (χ3v) is 4.14. The molecule has 0 aliphatic carbocycles. The highest BCUT2D eigenvalue weighted by molar-refractivity contribution is 6.30. The van der Waals surface area contributed by atoms with Crippen LogP contribution in [0.5, 0.6) is 0 Å². The van der Waals surface area contributed by atoms with Crippen molar-refractivity contribution in [3.8, 4) is 0 Å². The first-order valence-corrected chi connectivity index (χ1v) is 7.63. The molecule has 3 rings (SSSR count). The van der Waals surface area contributed by atoms with Crippen molar-refractivity contribution in [2.24, 2.45) is 0 Å². The smallest absolute Gasteiger partial charge is 0.146 e. The molecule has 1 fully saturated rings. The molecule has 0 aromatic heterocycles. The lowest BCUT2D eigenvalue weighted by Gasteiger charge is -2.18. The van der Waals surface area contributed by atoms with Crippen LogP contribution in [0.25, 0.3) is 0 Å². The number of anilines is 2. The number of halogens is 2. The molecule has 1 aliphatic heterocycles. The lowest BCUT2D eigenvalue weighted by Crippen LogP contribution is -2.17. The summed E-state index contributed by atoms with van der Waals surface area (Å²) in [4.78, 5) is 2.39. The average Bonchev–Trinajstić information content (AvgIpc) is 3.04. The monoisotopic (exact) mass is 304 g/mol. The quantitative estimate of drug-likeness (QED) is 0.881. The van der Waals surface area contributed by atoms with Crippen LogP contribution in [0.15, 0.2) is 42.5 Å². The van der Waals surface area contributed by atoms with E-state index in [0.717, 1.165) is 18.8 Å². The Morgan fingerprint density at radius 1 is 1.05 bits per heavy atom. The van der Waals surface area contributed by atoms with Crippen LogP contribution < -0.4 is 10.2 Å². The van der Waals surface area contributed by atoms with Crippen LogP contribution in [0, 0.1) is 5.82 Å². The van der Waals surface area contributed by atoms with Gasteiger partial charge in [0.25, 0.3) is 0 Å². The van der Waals surface area contributed by atoms with Gasteiger partial charge in [-0.3, -0.25) is 0 Å². The van der Waals surface area contributed by atoms with Crippen LogP contribution in [-0.2, 0) is 6.54 Å². The van der Waals surface area contributed by atoms with Crippen LogP contribution in [0.2, 0.25) is 5.02 Å². The number of nitrogens with zero attached hydrogens (tertiary/aromatic N) is 1. The summed E-state index contributed by atoms with van der Waals surface area (Å²) in [5, 5.41) is 3.40. The van der Waals surface area contributed by atoms with Gasteiger partial charge in [-0.15, -0.1) is 0 Å². The van der Waals surface area contributed by atoms with E-state index in [0.29, 0.717) is 12.1 Å².